The molecule has 0 aromatic heterocycles. The van der Waals surface area contributed by atoms with Crippen LogP contribution in [0.5, 0.6) is 0 Å². The van der Waals surface area contributed by atoms with E-state index in [4.69, 9.17) is 0 Å². The van der Waals surface area contributed by atoms with Gasteiger partial charge >= 0.3 is 0 Å². The maximum Gasteiger partial charge on any atom is -0.0222 e. The van der Waals surface area contributed by atoms with E-state index < -0.39 is 0 Å². The summed E-state index contributed by atoms with van der Waals surface area (Å²) in [5.74, 6) is 0. The van der Waals surface area contributed by atoms with Crippen molar-refractivity contribution in [2.75, 3.05) is 0 Å². The van der Waals surface area contributed by atoms with E-state index in [0.29, 0.717) is 0 Å². The third-order valence-electron chi connectivity index (χ3n) is 2.75. The molecule has 0 N–H and O–H groups in total. The highest BCUT2D eigenvalue weighted by atomic mass is 14.1. The van der Waals surface area contributed by atoms with E-state index in [1.165, 1.54) is 27.8 Å². The molecule has 14 heavy (non-hydrogen) atoms. The molecule has 0 saturated carbocycles. The molecule has 0 spiro atoms. The highest BCUT2D eigenvalue weighted by molar-refractivity contribution is 5.66. The summed E-state index contributed by atoms with van der Waals surface area (Å²) in [5, 5.41) is 0. The lowest BCUT2D eigenvalue weighted by molar-refractivity contribution is 1.25. The number of allylic oxidation sites excluding steroid dienone is 3. The molecule has 0 unspecified atom stereocenters. The molecule has 0 amide bonds. The topological polar surface area (TPSA) is 0 Å². The molecular weight excluding hydrogens is 168 g/mol. The Morgan fingerprint density at radius 3 is 2.07 bits per heavy atom. The van der Waals surface area contributed by atoms with Crippen molar-refractivity contribution in [2.45, 2.75) is 27.7 Å². The van der Waals surface area contributed by atoms with Crippen LogP contribution in [0.2, 0.25) is 0 Å². The Bertz CT molecular complexity index is 358. The summed E-state index contributed by atoms with van der Waals surface area (Å²) in [4.78, 5) is 0. The fraction of sp³-hybridized carbons (Fsp3) is 0.286. The Morgan fingerprint density at radius 1 is 1.14 bits per heavy atom. The molecule has 0 radical (unpaired) electrons. The highest BCUT2D eigenvalue weighted by Gasteiger charge is 2.01. The first-order valence-corrected chi connectivity index (χ1v) is 4.93. The van der Waals surface area contributed by atoms with Crippen molar-refractivity contribution < 1.29 is 0 Å². The minimum atomic E-state index is 1.27. The number of benzene rings is 1. The van der Waals surface area contributed by atoms with Gasteiger partial charge < -0.3 is 0 Å². The largest absolute Gasteiger partial charge is 0.0991 e. The van der Waals surface area contributed by atoms with Gasteiger partial charge in [-0.2, -0.15) is 0 Å². The minimum absolute atomic E-state index is 1.27. The first-order valence-electron chi connectivity index (χ1n) is 4.93. The molecule has 0 bridgehead atoms. The molecule has 0 fully saturated rings. The summed E-state index contributed by atoms with van der Waals surface area (Å²) >= 11 is 0. The molecule has 0 aliphatic carbocycles. The zero-order valence-electron chi connectivity index (χ0n) is 9.52. The van der Waals surface area contributed by atoms with Gasteiger partial charge in [-0.3, -0.25) is 0 Å². The van der Waals surface area contributed by atoms with E-state index in [1.54, 1.807) is 0 Å². The van der Waals surface area contributed by atoms with Crippen LogP contribution >= 0.6 is 0 Å². The molecule has 0 aliphatic rings. The third-order valence-corrected chi connectivity index (χ3v) is 2.75. The summed E-state index contributed by atoms with van der Waals surface area (Å²) in [5.41, 5.74) is 6.67. The maximum absolute atomic E-state index is 3.71. The Hall–Kier alpha value is -1.30. The van der Waals surface area contributed by atoms with Crippen LogP contribution in [0.1, 0.15) is 29.2 Å². The molecule has 0 heterocycles. The minimum Gasteiger partial charge on any atom is -0.0991 e. The van der Waals surface area contributed by atoms with Crippen LogP contribution in [0, 0.1) is 20.8 Å². The monoisotopic (exact) mass is 186 g/mol. The normalized spacial score (nSPS) is 11.6. The van der Waals surface area contributed by atoms with Crippen LogP contribution in [0.3, 0.4) is 0 Å². The van der Waals surface area contributed by atoms with E-state index in [0.717, 1.165) is 0 Å². The number of aryl methyl sites for hydroxylation is 2. The quantitative estimate of drug-likeness (QED) is 0.607. The lowest BCUT2D eigenvalue weighted by Crippen LogP contribution is -1.90. The predicted octanol–water partition coefficient (Wildman–Crippen LogP) is 4.20. The third kappa shape index (κ3) is 2.14. The van der Waals surface area contributed by atoms with Crippen molar-refractivity contribution >= 4 is 5.57 Å². The van der Waals surface area contributed by atoms with Gasteiger partial charge in [-0.1, -0.05) is 30.9 Å². The van der Waals surface area contributed by atoms with Crippen LogP contribution in [-0.2, 0) is 0 Å². The second-order valence-electron chi connectivity index (χ2n) is 3.82. The number of hydrogen-bond acceptors (Lipinski definition) is 0. The van der Waals surface area contributed by atoms with Crippen molar-refractivity contribution in [2.24, 2.45) is 0 Å². The summed E-state index contributed by atoms with van der Waals surface area (Å²) in [7, 11) is 0. The molecule has 0 atom stereocenters. The fourth-order valence-electron chi connectivity index (χ4n) is 1.54. The Morgan fingerprint density at radius 2 is 1.64 bits per heavy atom. The fourth-order valence-corrected chi connectivity index (χ4v) is 1.54. The molecule has 74 valence electrons. The second-order valence-corrected chi connectivity index (χ2v) is 3.82. The van der Waals surface area contributed by atoms with Gasteiger partial charge in [-0.25, -0.2) is 0 Å². The van der Waals surface area contributed by atoms with Gasteiger partial charge in [0.2, 0.25) is 0 Å². The standard InChI is InChI=1S/C14H18/c1-6-7-10(2)14-8-11(3)13(5)12(4)9-14/h6-9H,1H2,2-5H3/b10-7+. The average Bonchev–Trinajstić information content (AvgIpc) is 2.13. The van der Waals surface area contributed by atoms with Crippen LogP contribution in [-0.4, -0.2) is 0 Å². The maximum atomic E-state index is 3.71. The van der Waals surface area contributed by atoms with E-state index >= 15 is 0 Å². The van der Waals surface area contributed by atoms with Gasteiger partial charge in [-0.05, 0) is 55.5 Å². The molecule has 0 aliphatic heterocycles. The van der Waals surface area contributed by atoms with E-state index in [9.17, 15) is 0 Å². The lowest BCUT2D eigenvalue weighted by Gasteiger charge is -2.09. The van der Waals surface area contributed by atoms with Crippen molar-refractivity contribution in [3.8, 4) is 0 Å². The average molecular weight is 186 g/mol. The van der Waals surface area contributed by atoms with E-state index in [2.05, 4.69) is 46.4 Å². The van der Waals surface area contributed by atoms with E-state index in [1.807, 2.05) is 12.2 Å². The van der Waals surface area contributed by atoms with Gasteiger partial charge in [0, 0.05) is 0 Å². The summed E-state index contributed by atoms with van der Waals surface area (Å²) in [6.07, 6.45) is 3.88. The second kappa shape index (κ2) is 4.28. The van der Waals surface area contributed by atoms with Gasteiger partial charge in [-0.15, -0.1) is 0 Å². The van der Waals surface area contributed by atoms with Crippen LogP contribution < -0.4 is 0 Å². The van der Waals surface area contributed by atoms with Crippen molar-refractivity contribution in [1.82, 2.24) is 0 Å². The van der Waals surface area contributed by atoms with Gasteiger partial charge in [0.1, 0.15) is 0 Å². The molecule has 1 aromatic carbocycles. The Kier molecular flexibility index (Phi) is 3.29. The lowest BCUT2D eigenvalue weighted by atomic mass is 9.97. The Labute approximate surface area is 87.0 Å². The van der Waals surface area contributed by atoms with Crippen LogP contribution in [0.15, 0.2) is 30.9 Å². The van der Waals surface area contributed by atoms with Crippen LogP contribution in [0.25, 0.3) is 5.57 Å². The van der Waals surface area contributed by atoms with Gasteiger partial charge in [0.15, 0.2) is 0 Å². The van der Waals surface area contributed by atoms with Crippen LogP contribution in [0.4, 0.5) is 0 Å². The SMILES string of the molecule is C=C/C=C(\C)c1cc(C)c(C)c(C)c1. The number of hydrogen-bond donors (Lipinski definition) is 0. The van der Waals surface area contributed by atoms with Gasteiger partial charge in [0.05, 0.1) is 0 Å². The van der Waals surface area contributed by atoms with Gasteiger partial charge in [0.25, 0.3) is 0 Å². The van der Waals surface area contributed by atoms with E-state index in [-0.39, 0.29) is 0 Å². The molecule has 0 nitrogen and oxygen atoms in total. The summed E-state index contributed by atoms with van der Waals surface area (Å²) in [6.45, 7) is 12.3. The smallest absolute Gasteiger partial charge is 0.0222 e. The molecule has 1 rings (SSSR count). The Balaban J connectivity index is 3.25. The number of rotatable bonds is 2. The zero-order chi connectivity index (χ0) is 10.7. The summed E-state index contributed by atoms with van der Waals surface area (Å²) < 4.78 is 0. The van der Waals surface area contributed by atoms with Crippen molar-refractivity contribution in [3.63, 3.8) is 0 Å². The summed E-state index contributed by atoms with van der Waals surface area (Å²) in [6, 6.07) is 4.47. The molecule has 0 saturated heterocycles. The highest BCUT2D eigenvalue weighted by Crippen LogP contribution is 2.21. The first kappa shape index (κ1) is 10.8. The zero-order valence-corrected chi connectivity index (χ0v) is 9.52. The first-order chi connectivity index (χ1) is 6.56. The van der Waals surface area contributed by atoms with Crippen molar-refractivity contribution in [3.05, 3.63) is 53.1 Å². The predicted molar refractivity (Wildman–Crippen MR) is 64.5 cm³/mol. The molecule has 1 aromatic rings. The van der Waals surface area contributed by atoms with Crippen molar-refractivity contribution in [1.29, 1.82) is 0 Å². The molecular formula is C14H18. The molecule has 0 heteroatoms.